The summed E-state index contributed by atoms with van der Waals surface area (Å²) in [5.74, 6) is 1.61. The summed E-state index contributed by atoms with van der Waals surface area (Å²) in [4.78, 5) is 30.9. The highest BCUT2D eigenvalue weighted by atomic mass is 32.2. The first-order valence-electron chi connectivity index (χ1n) is 10.6. The second kappa shape index (κ2) is 10.3. The molecule has 7 heteroatoms. The van der Waals surface area contributed by atoms with Gasteiger partial charge in [-0.15, -0.1) is 0 Å². The topological polar surface area (TPSA) is 71.5 Å². The Hall–Kier alpha value is -3.32. The summed E-state index contributed by atoms with van der Waals surface area (Å²) in [5, 5.41) is 3.58. The maximum atomic E-state index is 12.4. The van der Waals surface area contributed by atoms with E-state index in [-0.39, 0.29) is 17.6 Å². The van der Waals surface area contributed by atoms with Crippen LogP contribution in [0.25, 0.3) is 0 Å². The van der Waals surface area contributed by atoms with Crippen molar-refractivity contribution < 1.29 is 14.3 Å². The van der Waals surface area contributed by atoms with E-state index < -0.39 is 0 Å². The third-order valence-corrected chi connectivity index (χ3v) is 6.03. The molecule has 1 saturated heterocycles. The first-order valence-corrected chi connectivity index (χ1v) is 11.6. The molecule has 0 spiro atoms. The minimum Gasteiger partial charge on any atom is -0.457 e. The molecule has 1 N–H and O–H groups in total. The molecule has 0 bridgehead atoms. The summed E-state index contributed by atoms with van der Waals surface area (Å²) in [7, 11) is 0. The van der Waals surface area contributed by atoms with Crippen LogP contribution in [0, 0.1) is 6.92 Å². The Bertz CT molecular complexity index is 1080. The van der Waals surface area contributed by atoms with E-state index in [0.29, 0.717) is 22.0 Å². The lowest BCUT2D eigenvalue weighted by atomic mass is 10.2. The summed E-state index contributed by atoms with van der Waals surface area (Å²) in [5.41, 5.74) is 2.42. The number of nitrogens with zero attached hydrogens (tertiary/aromatic N) is 2. The zero-order valence-corrected chi connectivity index (χ0v) is 18.7. The Labute approximate surface area is 192 Å². The average Bonchev–Trinajstić information content (AvgIpc) is 3.34. The Morgan fingerprint density at radius 1 is 1.03 bits per heavy atom. The van der Waals surface area contributed by atoms with Gasteiger partial charge in [-0.25, -0.2) is 4.98 Å². The zero-order chi connectivity index (χ0) is 22.3. The first kappa shape index (κ1) is 21.9. The van der Waals surface area contributed by atoms with Crippen LogP contribution in [0.3, 0.4) is 0 Å². The van der Waals surface area contributed by atoms with Gasteiger partial charge in [0.25, 0.3) is 5.91 Å². The fourth-order valence-corrected chi connectivity index (χ4v) is 4.10. The van der Waals surface area contributed by atoms with E-state index in [9.17, 15) is 9.59 Å². The monoisotopic (exact) mass is 447 g/mol. The predicted octanol–water partition coefficient (Wildman–Crippen LogP) is 5.15. The lowest BCUT2D eigenvalue weighted by molar-refractivity contribution is -0.113. The van der Waals surface area contributed by atoms with Crippen molar-refractivity contribution in [3.05, 3.63) is 78.0 Å². The van der Waals surface area contributed by atoms with Crippen molar-refractivity contribution in [3.8, 4) is 11.5 Å². The number of nitrogens with one attached hydrogen (secondary N) is 1. The third kappa shape index (κ3) is 5.88. The van der Waals surface area contributed by atoms with Crippen molar-refractivity contribution in [3.63, 3.8) is 0 Å². The molecule has 4 rings (SSSR count). The van der Waals surface area contributed by atoms with E-state index in [2.05, 4.69) is 10.3 Å². The largest absolute Gasteiger partial charge is 0.457 e. The molecule has 0 saturated carbocycles. The number of likely N-dealkylation sites (tertiary alicyclic amines) is 1. The number of anilines is 1. The molecule has 1 fully saturated rings. The average molecular weight is 448 g/mol. The number of ether oxygens (including phenoxy) is 1. The molecule has 3 aromatic rings. The fourth-order valence-electron chi connectivity index (χ4n) is 3.45. The molecule has 32 heavy (non-hydrogen) atoms. The number of aryl methyl sites for hydroxylation is 1. The van der Waals surface area contributed by atoms with Gasteiger partial charge in [-0.3, -0.25) is 9.59 Å². The van der Waals surface area contributed by atoms with E-state index in [1.54, 1.807) is 18.3 Å². The van der Waals surface area contributed by atoms with E-state index >= 15 is 0 Å². The fraction of sp³-hybridized carbons (Fsp3) is 0.240. The number of aromatic nitrogens is 1. The van der Waals surface area contributed by atoms with Crippen molar-refractivity contribution in [2.45, 2.75) is 24.8 Å². The number of carbonyl (C=O) groups excluding carboxylic acids is 2. The maximum absolute atomic E-state index is 12.4. The Kier molecular flexibility index (Phi) is 7.07. The van der Waals surface area contributed by atoms with Crippen LogP contribution in [0.2, 0.25) is 0 Å². The van der Waals surface area contributed by atoms with Gasteiger partial charge in [0.1, 0.15) is 11.5 Å². The number of carbonyl (C=O) groups is 2. The quantitative estimate of drug-likeness (QED) is 0.507. The van der Waals surface area contributed by atoms with E-state index in [0.717, 1.165) is 37.2 Å². The highest BCUT2D eigenvalue weighted by molar-refractivity contribution is 7.99. The smallest absolute Gasteiger partial charge is 0.255 e. The second-order valence-corrected chi connectivity index (χ2v) is 8.66. The molecular weight excluding hydrogens is 422 g/mol. The van der Waals surface area contributed by atoms with Crippen LogP contribution in [-0.4, -0.2) is 40.5 Å². The molecule has 1 aliphatic rings. The van der Waals surface area contributed by atoms with Crippen LogP contribution in [0.4, 0.5) is 5.69 Å². The van der Waals surface area contributed by atoms with Crippen molar-refractivity contribution in [2.24, 2.45) is 0 Å². The van der Waals surface area contributed by atoms with E-state index in [1.807, 2.05) is 60.4 Å². The molecule has 0 unspecified atom stereocenters. The van der Waals surface area contributed by atoms with Crippen molar-refractivity contribution in [1.82, 2.24) is 9.88 Å². The highest BCUT2D eigenvalue weighted by Crippen LogP contribution is 2.24. The van der Waals surface area contributed by atoms with Crippen LogP contribution in [-0.2, 0) is 4.79 Å². The molecule has 2 amide bonds. The summed E-state index contributed by atoms with van der Waals surface area (Å²) in [6.07, 6.45) is 3.71. The molecule has 2 aromatic carbocycles. The van der Waals surface area contributed by atoms with Crippen molar-refractivity contribution in [1.29, 1.82) is 0 Å². The molecular formula is C25H25N3O3S. The lowest BCUT2D eigenvalue weighted by Gasteiger charge is -2.14. The Balaban J connectivity index is 1.25. The second-order valence-electron chi connectivity index (χ2n) is 7.66. The molecule has 2 heterocycles. The van der Waals surface area contributed by atoms with Crippen LogP contribution >= 0.6 is 11.8 Å². The van der Waals surface area contributed by atoms with Crippen molar-refractivity contribution >= 4 is 29.3 Å². The molecule has 1 aliphatic heterocycles. The predicted molar refractivity (Wildman–Crippen MR) is 126 cm³/mol. The summed E-state index contributed by atoms with van der Waals surface area (Å²) < 4.78 is 5.83. The normalized spacial score (nSPS) is 13.1. The number of rotatable bonds is 7. The van der Waals surface area contributed by atoms with Gasteiger partial charge in [0.2, 0.25) is 5.91 Å². The lowest BCUT2D eigenvalue weighted by Crippen LogP contribution is -2.27. The summed E-state index contributed by atoms with van der Waals surface area (Å²) in [6, 6.07) is 18.7. The van der Waals surface area contributed by atoms with E-state index in [1.165, 1.54) is 11.8 Å². The molecule has 1 aromatic heterocycles. The van der Waals surface area contributed by atoms with Gasteiger partial charge in [-0.05, 0) is 73.9 Å². The Morgan fingerprint density at radius 2 is 1.81 bits per heavy atom. The first-order chi connectivity index (χ1) is 15.6. The number of hydrogen-bond acceptors (Lipinski definition) is 5. The number of thioether (sulfide) groups is 1. The third-order valence-electron chi connectivity index (χ3n) is 5.09. The number of pyridine rings is 1. The molecule has 0 atom stereocenters. The minimum absolute atomic E-state index is 0.0270. The van der Waals surface area contributed by atoms with Gasteiger partial charge >= 0.3 is 0 Å². The molecule has 0 aliphatic carbocycles. The van der Waals surface area contributed by atoms with Gasteiger partial charge in [0.15, 0.2) is 0 Å². The summed E-state index contributed by atoms with van der Waals surface area (Å²) in [6.45, 7) is 3.64. The van der Waals surface area contributed by atoms with Gasteiger partial charge < -0.3 is 15.0 Å². The number of amides is 2. The summed E-state index contributed by atoms with van der Waals surface area (Å²) >= 11 is 1.33. The number of benzene rings is 2. The minimum atomic E-state index is -0.124. The maximum Gasteiger partial charge on any atom is 0.255 e. The SMILES string of the molecule is Cc1cccc(Oc2ccc(NC(=O)CSc3ccc(C(=O)N4CCCC4)cn3)cc2)c1. The van der Waals surface area contributed by atoms with Gasteiger partial charge in [0, 0.05) is 25.0 Å². The van der Waals surface area contributed by atoms with Crippen molar-refractivity contribution in [2.75, 3.05) is 24.2 Å². The Morgan fingerprint density at radius 3 is 2.50 bits per heavy atom. The molecule has 6 nitrogen and oxygen atoms in total. The van der Waals surface area contributed by atoms with Crippen LogP contribution in [0.15, 0.2) is 71.9 Å². The molecule has 0 radical (unpaired) electrons. The zero-order valence-electron chi connectivity index (χ0n) is 17.9. The standard InChI is InChI=1S/C25H25N3O3S/c1-18-5-4-6-22(15-18)31-21-10-8-20(9-11-21)27-23(29)17-32-24-12-7-19(16-26-24)25(30)28-13-2-3-14-28/h4-12,15-16H,2-3,13-14,17H2,1H3,(H,27,29). The van der Waals surface area contributed by atoms with Crippen LogP contribution in [0.5, 0.6) is 11.5 Å². The van der Waals surface area contributed by atoms with Gasteiger partial charge in [-0.2, -0.15) is 0 Å². The van der Waals surface area contributed by atoms with Crippen LogP contribution < -0.4 is 10.1 Å². The number of hydrogen-bond donors (Lipinski definition) is 1. The highest BCUT2D eigenvalue weighted by Gasteiger charge is 2.19. The van der Waals surface area contributed by atoms with Gasteiger partial charge in [-0.1, -0.05) is 23.9 Å². The van der Waals surface area contributed by atoms with Gasteiger partial charge in [0.05, 0.1) is 16.3 Å². The van der Waals surface area contributed by atoms with Crippen LogP contribution in [0.1, 0.15) is 28.8 Å². The molecule has 164 valence electrons. The van der Waals surface area contributed by atoms with E-state index in [4.69, 9.17) is 4.74 Å².